The molecule has 2 aromatic rings. The highest BCUT2D eigenvalue weighted by atomic mass is 16.2. The molecule has 1 aromatic carbocycles. The van der Waals surface area contributed by atoms with Gasteiger partial charge in [0.25, 0.3) is 0 Å². The molecule has 1 saturated carbocycles. The summed E-state index contributed by atoms with van der Waals surface area (Å²) in [6.45, 7) is 0.750. The number of aromatic nitrogens is 2. The molecule has 0 bridgehead atoms. The Balaban J connectivity index is 1.57. The Kier molecular flexibility index (Phi) is 5.46. The summed E-state index contributed by atoms with van der Waals surface area (Å²) in [5.41, 5.74) is 0.962. The van der Waals surface area contributed by atoms with Gasteiger partial charge in [-0.25, -0.2) is 0 Å². The second kappa shape index (κ2) is 7.95. The number of rotatable bonds is 7. The largest absolute Gasteiger partial charge is 0.354 e. The van der Waals surface area contributed by atoms with Crippen LogP contribution in [0.5, 0.6) is 0 Å². The van der Waals surface area contributed by atoms with Crippen molar-refractivity contribution < 1.29 is 4.79 Å². The predicted octanol–water partition coefficient (Wildman–Crippen LogP) is 3.56. The van der Waals surface area contributed by atoms with Gasteiger partial charge in [-0.1, -0.05) is 56.0 Å². The van der Waals surface area contributed by atoms with Crippen LogP contribution in [0, 0.1) is 5.92 Å². The highest BCUT2D eigenvalue weighted by Crippen LogP contribution is 2.28. The number of nitrogens with one attached hydrogen (secondary N) is 1. The Bertz CT molecular complexity index is 588. The van der Waals surface area contributed by atoms with Crippen LogP contribution in [0.15, 0.2) is 48.8 Å². The lowest BCUT2D eigenvalue weighted by Crippen LogP contribution is -2.34. The van der Waals surface area contributed by atoms with Gasteiger partial charge in [0.15, 0.2) is 6.04 Å². The average Bonchev–Trinajstić information content (AvgIpc) is 3.27. The topological polar surface area (TPSA) is 46.9 Å². The molecule has 0 saturated heterocycles. The number of hydrogen-bond donors (Lipinski definition) is 1. The molecule has 1 aromatic heterocycles. The Morgan fingerprint density at radius 2 is 2.00 bits per heavy atom. The number of carbonyl (C=O) groups excluding carboxylic acids is 1. The molecule has 4 nitrogen and oxygen atoms in total. The molecule has 23 heavy (non-hydrogen) atoms. The Hall–Kier alpha value is -2.10. The summed E-state index contributed by atoms with van der Waals surface area (Å²) < 4.78 is 1.72. The molecular weight excluding hydrogens is 286 g/mol. The first-order valence-electron chi connectivity index (χ1n) is 8.66. The summed E-state index contributed by atoms with van der Waals surface area (Å²) in [6, 6.07) is 11.3. The molecule has 4 heteroatoms. The third kappa shape index (κ3) is 4.21. The molecule has 0 aliphatic heterocycles. The van der Waals surface area contributed by atoms with E-state index < -0.39 is 6.04 Å². The van der Waals surface area contributed by atoms with E-state index in [9.17, 15) is 4.79 Å². The van der Waals surface area contributed by atoms with Gasteiger partial charge in [0.2, 0.25) is 5.91 Å². The Labute approximate surface area is 137 Å². The smallest absolute Gasteiger partial charge is 0.249 e. The zero-order valence-electron chi connectivity index (χ0n) is 13.5. The van der Waals surface area contributed by atoms with Crippen molar-refractivity contribution in [3.05, 3.63) is 54.4 Å². The summed E-state index contributed by atoms with van der Waals surface area (Å²) in [6.07, 6.45) is 11.4. The SMILES string of the molecule is O=C(NCCCC1CCCC1)C(c1ccccc1)n1cccn1. The van der Waals surface area contributed by atoms with E-state index in [1.165, 1.54) is 32.1 Å². The average molecular weight is 311 g/mol. The van der Waals surface area contributed by atoms with E-state index in [0.717, 1.165) is 24.4 Å². The van der Waals surface area contributed by atoms with Crippen LogP contribution < -0.4 is 5.32 Å². The number of benzene rings is 1. The predicted molar refractivity (Wildman–Crippen MR) is 91.0 cm³/mol. The summed E-state index contributed by atoms with van der Waals surface area (Å²) in [7, 11) is 0. The minimum atomic E-state index is -0.391. The van der Waals surface area contributed by atoms with Crippen LogP contribution in [0.25, 0.3) is 0 Å². The summed E-state index contributed by atoms with van der Waals surface area (Å²) in [5, 5.41) is 7.35. The van der Waals surface area contributed by atoms with Crippen molar-refractivity contribution in [3.8, 4) is 0 Å². The van der Waals surface area contributed by atoms with Crippen LogP contribution >= 0.6 is 0 Å². The maximum atomic E-state index is 12.7. The van der Waals surface area contributed by atoms with Gasteiger partial charge < -0.3 is 5.32 Å². The molecule has 1 unspecified atom stereocenters. The molecule has 1 N–H and O–H groups in total. The van der Waals surface area contributed by atoms with E-state index in [4.69, 9.17) is 0 Å². The normalized spacial score (nSPS) is 16.3. The van der Waals surface area contributed by atoms with Gasteiger partial charge in [0.1, 0.15) is 0 Å². The van der Waals surface area contributed by atoms with Gasteiger partial charge >= 0.3 is 0 Å². The van der Waals surface area contributed by atoms with Crippen molar-refractivity contribution in [1.29, 1.82) is 0 Å². The standard InChI is InChI=1S/C19H25N3O/c23-19(20-13-6-10-16-8-4-5-9-16)18(22-15-7-14-21-22)17-11-2-1-3-12-17/h1-3,7,11-12,14-16,18H,4-6,8-10,13H2,(H,20,23). The fourth-order valence-electron chi connectivity index (χ4n) is 3.49. The van der Waals surface area contributed by atoms with Crippen molar-refractivity contribution in [2.24, 2.45) is 5.92 Å². The second-order valence-corrected chi connectivity index (χ2v) is 6.38. The molecule has 1 aliphatic rings. The van der Waals surface area contributed by atoms with E-state index in [1.54, 1.807) is 10.9 Å². The van der Waals surface area contributed by atoms with E-state index in [-0.39, 0.29) is 5.91 Å². The first-order valence-corrected chi connectivity index (χ1v) is 8.66. The van der Waals surface area contributed by atoms with Crippen LogP contribution in [0.1, 0.15) is 50.1 Å². The van der Waals surface area contributed by atoms with Crippen molar-refractivity contribution in [1.82, 2.24) is 15.1 Å². The second-order valence-electron chi connectivity index (χ2n) is 6.38. The number of carbonyl (C=O) groups is 1. The lowest BCUT2D eigenvalue weighted by molar-refractivity contribution is -0.123. The van der Waals surface area contributed by atoms with E-state index in [2.05, 4.69) is 10.4 Å². The Morgan fingerprint density at radius 3 is 2.70 bits per heavy atom. The zero-order valence-corrected chi connectivity index (χ0v) is 13.5. The molecule has 0 radical (unpaired) electrons. The first-order chi connectivity index (χ1) is 11.3. The third-order valence-corrected chi connectivity index (χ3v) is 4.72. The zero-order chi connectivity index (χ0) is 15.9. The maximum absolute atomic E-state index is 12.7. The molecule has 3 rings (SSSR count). The molecule has 1 fully saturated rings. The van der Waals surface area contributed by atoms with E-state index in [0.29, 0.717) is 0 Å². The minimum absolute atomic E-state index is 0.0197. The summed E-state index contributed by atoms with van der Waals surface area (Å²) >= 11 is 0. The Morgan fingerprint density at radius 1 is 1.22 bits per heavy atom. The molecular formula is C19H25N3O. The van der Waals surface area contributed by atoms with E-state index in [1.807, 2.05) is 42.6 Å². The molecule has 1 amide bonds. The molecule has 122 valence electrons. The molecule has 1 aliphatic carbocycles. The monoisotopic (exact) mass is 311 g/mol. The van der Waals surface area contributed by atoms with Crippen LogP contribution in [-0.2, 0) is 4.79 Å². The lowest BCUT2D eigenvalue weighted by atomic mass is 10.0. The molecule has 0 spiro atoms. The number of nitrogens with zero attached hydrogens (tertiary/aromatic N) is 2. The van der Waals surface area contributed by atoms with Crippen molar-refractivity contribution in [3.63, 3.8) is 0 Å². The van der Waals surface area contributed by atoms with Gasteiger partial charge in [-0.3, -0.25) is 9.48 Å². The molecule has 1 atom stereocenters. The van der Waals surface area contributed by atoms with Gasteiger partial charge in [-0.15, -0.1) is 0 Å². The van der Waals surface area contributed by atoms with Gasteiger partial charge in [-0.2, -0.15) is 5.10 Å². The minimum Gasteiger partial charge on any atom is -0.354 e. The van der Waals surface area contributed by atoms with Gasteiger partial charge in [-0.05, 0) is 30.4 Å². The van der Waals surface area contributed by atoms with Gasteiger partial charge in [0, 0.05) is 18.9 Å². The highest BCUT2D eigenvalue weighted by Gasteiger charge is 2.22. The van der Waals surface area contributed by atoms with Crippen molar-refractivity contribution >= 4 is 5.91 Å². The third-order valence-electron chi connectivity index (χ3n) is 4.72. The fraction of sp³-hybridized carbons (Fsp3) is 0.474. The number of hydrogen-bond acceptors (Lipinski definition) is 2. The van der Waals surface area contributed by atoms with Crippen molar-refractivity contribution in [2.45, 2.75) is 44.6 Å². The van der Waals surface area contributed by atoms with Crippen LogP contribution in [0.3, 0.4) is 0 Å². The van der Waals surface area contributed by atoms with Crippen LogP contribution in [0.4, 0.5) is 0 Å². The van der Waals surface area contributed by atoms with Crippen LogP contribution in [-0.4, -0.2) is 22.2 Å². The summed E-state index contributed by atoms with van der Waals surface area (Å²) in [5.74, 6) is 0.897. The lowest BCUT2D eigenvalue weighted by Gasteiger charge is -2.18. The highest BCUT2D eigenvalue weighted by molar-refractivity contribution is 5.83. The quantitative estimate of drug-likeness (QED) is 0.795. The fourth-order valence-corrected chi connectivity index (χ4v) is 3.49. The van der Waals surface area contributed by atoms with Crippen molar-refractivity contribution in [2.75, 3.05) is 6.54 Å². The summed E-state index contributed by atoms with van der Waals surface area (Å²) in [4.78, 5) is 12.7. The van der Waals surface area contributed by atoms with Crippen LogP contribution in [0.2, 0.25) is 0 Å². The number of amides is 1. The van der Waals surface area contributed by atoms with Gasteiger partial charge in [0.05, 0.1) is 0 Å². The van der Waals surface area contributed by atoms with E-state index >= 15 is 0 Å². The molecule has 1 heterocycles. The maximum Gasteiger partial charge on any atom is 0.249 e. The first kappa shape index (κ1) is 15.8.